The zero-order valence-corrected chi connectivity index (χ0v) is 17.5. The number of thiophene rings is 1. The first kappa shape index (κ1) is 22.3. The van der Waals surface area contributed by atoms with E-state index in [9.17, 15) is 0 Å². The summed E-state index contributed by atoms with van der Waals surface area (Å²) in [4.78, 5) is 0. The Kier molecular flexibility index (Phi) is 12.8. The molecule has 2 heteroatoms. The number of benzene rings is 1. The number of rotatable bonds is 13. The molecule has 0 aliphatic rings. The summed E-state index contributed by atoms with van der Waals surface area (Å²) >= 11 is 0. The number of hydrogen-bond donors (Lipinski definition) is 0. The molecule has 2 aromatic rings. The summed E-state index contributed by atoms with van der Waals surface area (Å²) in [6, 6.07) is 13.7. The van der Waals surface area contributed by atoms with Gasteiger partial charge in [-0.1, -0.05) is 89.0 Å². The van der Waals surface area contributed by atoms with Gasteiger partial charge in [-0.25, -0.2) is 0 Å². The maximum atomic E-state index is 2.34. The van der Waals surface area contributed by atoms with Gasteiger partial charge >= 0.3 is 0 Å². The van der Waals surface area contributed by atoms with Crippen molar-refractivity contribution in [3.63, 3.8) is 0 Å². The van der Waals surface area contributed by atoms with Crippen molar-refractivity contribution in [1.82, 2.24) is 0 Å². The van der Waals surface area contributed by atoms with Crippen LogP contribution in [0.25, 0.3) is 0 Å². The number of unbranched alkanes of at least 4 members (excludes halogenated alkanes) is 9. The largest absolute Gasteiger partial charge is 1.00 e. The van der Waals surface area contributed by atoms with Gasteiger partial charge in [0.15, 0.2) is 5.75 Å². The third-order valence-electron chi connectivity index (χ3n) is 4.79. The molecule has 0 spiro atoms. The highest BCUT2D eigenvalue weighted by Crippen LogP contribution is 2.22. The molecule has 0 radical (unpaired) electrons. The average molecular weight is 379 g/mol. The van der Waals surface area contributed by atoms with E-state index in [1.165, 1.54) is 87.5 Å². The fourth-order valence-corrected chi connectivity index (χ4v) is 4.69. The summed E-state index contributed by atoms with van der Waals surface area (Å²) in [6.07, 6.45) is 15.4. The third kappa shape index (κ3) is 10.1. The minimum Gasteiger partial charge on any atom is -1.00 e. The highest BCUT2D eigenvalue weighted by atomic mass is 35.5. The van der Waals surface area contributed by atoms with Crippen molar-refractivity contribution in [2.24, 2.45) is 0 Å². The molecule has 2 rings (SSSR count). The Morgan fingerprint density at radius 2 is 1.12 bits per heavy atom. The molecule has 0 unspecified atom stereocenters. The van der Waals surface area contributed by atoms with Crippen LogP contribution in [-0.2, 0) is 12.2 Å². The molecule has 0 N–H and O–H groups in total. The first-order valence-corrected chi connectivity index (χ1v) is 11.5. The Bertz CT molecular complexity index is 516. The van der Waals surface area contributed by atoms with Crippen molar-refractivity contribution in [3.05, 3.63) is 58.3 Å². The quantitative estimate of drug-likeness (QED) is 0.341. The van der Waals surface area contributed by atoms with E-state index in [2.05, 4.69) is 54.1 Å². The van der Waals surface area contributed by atoms with Gasteiger partial charge in [0.2, 0.25) is 0 Å². The zero-order chi connectivity index (χ0) is 16.9. The Hall–Kier alpha value is -0.790. The van der Waals surface area contributed by atoms with E-state index in [-0.39, 0.29) is 12.4 Å². The molecule has 1 heterocycles. The number of hydrogen-bond acceptors (Lipinski definition) is 0. The van der Waals surface area contributed by atoms with Crippen LogP contribution in [0.1, 0.15) is 82.3 Å². The molecule has 0 amide bonds. The van der Waals surface area contributed by atoms with Gasteiger partial charge in [-0.05, 0) is 41.0 Å². The van der Waals surface area contributed by atoms with Crippen LogP contribution in [0, 0.1) is 0 Å². The summed E-state index contributed by atoms with van der Waals surface area (Å²) in [5.41, 5.74) is 2.99. The van der Waals surface area contributed by atoms with Crippen LogP contribution >= 0.6 is 10.5 Å². The summed E-state index contributed by atoms with van der Waals surface area (Å²) < 4.78 is 0. The van der Waals surface area contributed by atoms with E-state index in [0.29, 0.717) is 10.5 Å². The molecular formula is C23H35ClS. The highest BCUT2D eigenvalue weighted by molar-refractivity contribution is 7.27. The lowest BCUT2D eigenvalue weighted by molar-refractivity contribution is -0.00000509. The highest BCUT2D eigenvalue weighted by Gasteiger charge is 2.04. The SMILES string of the molecule is CCCCCCCCCCCCc1ccc(C[s+]2cccc2)cc1.[Cl-]. The Labute approximate surface area is 164 Å². The number of aryl methyl sites for hydroxylation is 1. The second-order valence-electron chi connectivity index (χ2n) is 7.02. The molecule has 0 saturated heterocycles. The monoisotopic (exact) mass is 378 g/mol. The topological polar surface area (TPSA) is 0 Å². The van der Waals surface area contributed by atoms with E-state index in [1.54, 1.807) is 0 Å². The lowest BCUT2D eigenvalue weighted by Crippen LogP contribution is -3.00. The van der Waals surface area contributed by atoms with Gasteiger partial charge in [0.1, 0.15) is 10.8 Å². The zero-order valence-electron chi connectivity index (χ0n) is 15.9. The lowest BCUT2D eigenvalue weighted by Gasteiger charge is -2.04. The molecule has 0 fully saturated rings. The molecule has 0 saturated carbocycles. The van der Waals surface area contributed by atoms with Crippen LogP contribution in [0.4, 0.5) is 0 Å². The van der Waals surface area contributed by atoms with E-state index in [4.69, 9.17) is 0 Å². The maximum absolute atomic E-state index is 2.34. The second kappa shape index (κ2) is 14.4. The van der Waals surface area contributed by atoms with Gasteiger partial charge < -0.3 is 12.4 Å². The van der Waals surface area contributed by atoms with Crippen LogP contribution < -0.4 is 12.4 Å². The van der Waals surface area contributed by atoms with Gasteiger partial charge in [-0.2, -0.15) is 0 Å². The predicted molar refractivity (Wildman–Crippen MR) is 110 cm³/mol. The minimum absolute atomic E-state index is 0. The first-order valence-electron chi connectivity index (χ1n) is 10.00. The van der Waals surface area contributed by atoms with E-state index >= 15 is 0 Å². The third-order valence-corrected chi connectivity index (χ3v) is 6.47. The summed E-state index contributed by atoms with van der Waals surface area (Å²) in [7, 11) is 0.341. The molecular weight excluding hydrogens is 344 g/mol. The van der Waals surface area contributed by atoms with E-state index in [1.807, 2.05) is 0 Å². The Balaban J connectivity index is 0.00000312. The average Bonchev–Trinajstić information content (AvgIpc) is 3.11. The fraction of sp³-hybridized carbons (Fsp3) is 0.565. The second-order valence-corrected chi connectivity index (χ2v) is 8.79. The summed E-state index contributed by atoms with van der Waals surface area (Å²) in [5, 5.41) is 4.63. The van der Waals surface area contributed by atoms with Crippen LogP contribution in [0.2, 0.25) is 0 Å². The van der Waals surface area contributed by atoms with Gasteiger partial charge in [-0.3, -0.25) is 0 Å². The normalized spacial score (nSPS) is 10.6. The minimum atomic E-state index is 0. The molecule has 0 atom stereocenters. The van der Waals surface area contributed by atoms with Crippen molar-refractivity contribution in [2.75, 3.05) is 0 Å². The molecule has 140 valence electrons. The van der Waals surface area contributed by atoms with Gasteiger partial charge in [-0.15, -0.1) is 0 Å². The maximum Gasteiger partial charge on any atom is 0.152 e. The molecule has 1 aromatic carbocycles. The van der Waals surface area contributed by atoms with Crippen molar-refractivity contribution in [2.45, 2.75) is 83.3 Å². The molecule has 1 aromatic heterocycles. The van der Waals surface area contributed by atoms with Crippen LogP contribution in [-0.4, -0.2) is 0 Å². The molecule has 0 nitrogen and oxygen atoms in total. The van der Waals surface area contributed by atoms with Gasteiger partial charge in [0.25, 0.3) is 0 Å². The van der Waals surface area contributed by atoms with Crippen LogP contribution in [0.5, 0.6) is 0 Å². The Morgan fingerprint density at radius 3 is 1.68 bits per heavy atom. The molecule has 0 aliphatic heterocycles. The molecule has 0 aliphatic carbocycles. The summed E-state index contributed by atoms with van der Waals surface area (Å²) in [6.45, 7) is 2.29. The first-order chi connectivity index (χ1) is 11.9. The van der Waals surface area contributed by atoms with Crippen molar-refractivity contribution in [1.29, 1.82) is 0 Å². The fourth-order valence-electron chi connectivity index (χ4n) is 3.25. The van der Waals surface area contributed by atoms with Crippen LogP contribution in [0.15, 0.2) is 47.2 Å². The van der Waals surface area contributed by atoms with Crippen molar-refractivity contribution in [3.8, 4) is 0 Å². The standard InChI is InChI=1S/C23H35S.ClH/c1-2-3-4-5-6-7-8-9-10-11-14-22-15-17-23(18-16-22)21-24-19-12-13-20-24;/h12-13,15-20H,2-11,14,21H2,1H3;1H/q+1;/p-1. The number of halogens is 1. The van der Waals surface area contributed by atoms with Crippen LogP contribution in [0.3, 0.4) is 0 Å². The molecule has 25 heavy (non-hydrogen) atoms. The summed E-state index contributed by atoms with van der Waals surface area (Å²) in [5.74, 6) is 1.17. The smallest absolute Gasteiger partial charge is 0.152 e. The Morgan fingerprint density at radius 1 is 0.640 bits per heavy atom. The van der Waals surface area contributed by atoms with Gasteiger partial charge in [0, 0.05) is 5.56 Å². The van der Waals surface area contributed by atoms with Crippen molar-refractivity contribution >= 4 is 10.5 Å². The van der Waals surface area contributed by atoms with E-state index < -0.39 is 0 Å². The predicted octanol–water partition coefficient (Wildman–Crippen LogP) is 4.95. The molecule has 0 bridgehead atoms. The lowest BCUT2D eigenvalue weighted by atomic mass is 10.0. The van der Waals surface area contributed by atoms with Crippen molar-refractivity contribution < 1.29 is 12.4 Å². The van der Waals surface area contributed by atoms with E-state index in [0.717, 1.165) is 0 Å². The van der Waals surface area contributed by atoms with Gasteiger partial charge in [0.05, 0.1) is 0 Å².